The lowest BCUT2D eigenvalue weighted by atomic mass is 9.66. The molecule has 112 valence electrons. The van der Waals surface area contributed by atoms with Crippen molar-refractivity contribution in [2.75, 3.05) is 0 Å². The Morgan fingerprint density at radius 1 is 0.789 bits per heavy atom. The fourth-order valence-corrected chi connectivity index (χ4v) is 4.64. The van der Waals surface area contributed by atoms with E-state index in [1.807, 2.05) is 0 Å². The molecule has 0 N–H and O–H groups in total. The van der Waals surface area contributed by atoms with Gasteiger partial charge in [0.2, 0.25) is 0 Å². The monoisotopic (exact) mass is 268 g/mol. The third-order valence-corrected chi connectivity index (χ3v) is 5.91. The van der Waals surface area contributed by atoms with Crippen molar-refractivity contribution < 1.29 is 4.39 Å². The maximum absolute atomic E-state index is 15.2. The van der Waals surface area contributed by atoms with E-state index in [0.29, 0.717) is 5.92 Å². The summed E-state index contributed by atoms with van der Waals surface area (Å²) in [5, 5.41) is 0. The van der Waals surface area contributed by atoms with Gasteiger partial charge in [-0.3, -0.25) is 0 Å². The van der Waals surface area contributed by atoms with Gasteiger partial charge in [-0.25, -0.2) is 4.39 Å². The first-order valence-electron chi connectivity index (χ1n) is 8.86. The quantitative estimate of drug-likeness (QED) is 0.549. The first kappa shape index (κ1) is 15.3. The van der Waals surface area contributed by atoms with Gasteiger partial charge >= 0.3 is 0 Å². The van der Waals surface area contributed by atoms with Gasteiger partial charge in [-0.1, -0.05) is 52.4 Å². The Morgan fingerprint density at radius 3 is 1.74 bits per heavy atom. The smallest absolute Gasteiger partial charge is 0.113 e. The van der Waals surface area contributed by atoms with Crippen molar-refractivity contribution in [3.63, 3.8) is 0 Å². The van der Waals surface area contributed by atoms with Crippen LogP contribution in [0, 0.1) is 17.8 Å². The van der Waals surface area contributed by atoms with Crippen LogP contribution in [0.25, 0.3) is 0 Å². The average Bonchev–Trinajstić information content (AvgIpc) is 2.43. The Labute approximate surface area is 119 Å². The van der Waals surface area contributed by atoms with Crippen LogP contribution in [-0.2, 0) is 0 Å². The predicted octanol–water partition coefficient (Wildman–Crippen LogP) is 6.29. The zero-order valence-electron chi connectivity index (χ0n) is 13.1. The fraction of sp³-hybridized carbons (Fsp3) is 1.00. The largest absolute Gasteiger partial charge is 0.244 e. The van der Waals surface area contributed by atoms with Crippen molar-refractivity contribution in [1.29, 1.82) is 0 Å². The lowest BCUT2D eigenvalue weighted by Crippen LogP contribution is -2.39. The van der Waals surface area contributed by atoms with Crippen LogP contribution in [0.5, 0.6) is 0 Å². The maximum Gasteiger partial charge on any atom is 0.113 e. The molecule has 2 rings (SSSR count). The van der Waals surface area contributed by atoms with E-state index in [1.54, 1.807) is 0 Å². The highest BCUT2D eigenvalue weighted by Gasteiger charge is 2.42. The second-order valence-electron chi connectivity index (χ2n) is 7.27. The molecule has 0 aromatic carbocycles. The average molecular weight is 268 g/mol. The highest BCUT2D eigenvalue weighted by atomic mass is 19.1. The molecule has 19 heavy (non-hydrogen) atoms. The zero-order chi connectivity index (χ0) is 13.7. The molecule has 1 heteroatoms. The number of rotatable bonds is 5. The molecule has 0 radical (unpaired) electrons. The van der Waals surface area contributed by atoms with Gasteiger partial charge in [-0.05, 0) is 56.3 Å². The molecule has 0 aromatic rings. The summed E-state index contributed by atoms with van der Waals surface area (Å²) in [6.45, 7) is 4.53. The Balaban J connectivity index is 1.79. The van der Waals surface area contributed by atoms with Crippen molar-refractivity contribution in [3.8, 4) is 0 Å². The van der Waals surface area contributed by atoms with Crippen molar-refractivity contribution in [3.05, 3.63) is 0 Å². The molecule has 0 spiro atoms. The molecule has 0 heterocycles. The van der Waals surface area contributed by atoms with Gasteiger partial charge in [0, 0.05) is 0 Å². The first-order chi connectivity index (χ1) is 9.18. The van der Waals surface area contributed by atoms with E-state index in [0.717, 1.165) is 37.5 Å². The topological polar surface area (TPSA) is 0 Å². The SMILES string of the molecule is CCCC1CCC(C2(F)CCC(CCC)CC2)CC1. The lowest BCUT2D eigenvalue weighted by Gasteiger charge is -2.42. The van der Waals surface area contributed by atoms with Crippen LogP contribution >= 0.6 is 0 Å². The van der Waals surface area contributed by atoms with Crippen molar-refractivity contribution in [2.24, 2.45) is 17.8 Å². The summed E-state index contributed by atoms with van der Waals surface area (Å²) in [7, 11) is 0. The van der Waals surface area contributed by atoms with E-state index in [1.165, 1.54) is 51.4 Å². The van der Waals surface area contributed by atoms with Crippen molar-refractivity contribution in [1.82, 2.24) is 0 Å². The molecular formula is C18H33F. The molecule has 0 nitrogen and oxygen atoms in total. The Kier molecular flexibility index (Phi) is 5.71. The van der Waals surface area contributed by atoms with Crippen molar-refractivity contribution >= 4 is 0 Å². The summed E-state index contributed by atoms with van der Waals surface area (Å²) in [6.07, 6.45) is 14.2. The molecule has 0 bridgehead atoms. The van der Waals surface area contributed by atoms with Crippen molar-refractivity contribution in [2.45, 2.75) is 96.6 Å². The first-order valence-corrected chi connectivity index (χ1v) is 8.86. The molecule has 2 fully saturated rings. The molecule has 2 saturated carbocycles. The van der Waals surface area contributed by atoms with Gasteiger partial charge in [0.25, 0.3) is 0 Å². The summed E-state index contributed by atoms with van der Waals surface area (Å²) in [6, 6.07) is 0. The van der Waals surface area contributed by atoms with Crippen LogP contribution in [0.1, 0.15) is 90.9 Å². The fourth-order valence-electron chi connectivity index (χ4n) is 4.64. The van der Waals surface area contributed by atoms with Crippen LogP contribution in [0.4, 0.5) is 4.39 Å². The van der Waals surface area contributed by atoms with Crippen LogP contribution < -0.4 is 0 Å². The summed E-state index contributed by atoms with van der Waals surface area (Å²) in [5.41, 5.74) is -0.790. The van der Waals surface area contributed by atoms with E-state index in [9.17, 15) is 0 Å². The van der Waals surface area contributed by atoms with Gasteiger partial charge < -0.3 is 0 Å². The molecule has 0 unspecified atom stereocenters. The van der Waals surface area contributed by atoms with Gasteiger partial charge in [0.1, 0.15) is 5.67 Å². The Hall–Kier alpha value is -0.0700. The molecule has 2 aliphatic carbocycles. The molecule has 0 aliphatic heterocycles. The number of alkyl halides is 1. The molecular weight excluding hydrogens is 235 g/mol. The van der Waals surface area contributed by atoms with E-state index >= 15 is 4.39 Å². The standard InChI is InChI=1S/C18H33F/c1-3-5-15-7-9-17(10-8-15)18(19)13-11-16(6-4-2)12-14-18/h15-17H,3-14H2,1-2H3. The van der Waals surface area contributed by atoms with E-state index in [2.05, 4.69) is 13.8 Å². The third kappa shape index (κ3) is 3.95. The minimum absolute atomic E-state index is 0.392. The minimum atomic E-state index is -0.790. The van der Waals surface area contributed by atoms with Gasteiger partial charge in [0.15, 0.2) is 0 Å². The van der Waals surface area contributed by atoms with E-state index < -0.39 is 5.67 Å². The van der Waals surface area contributed by atoms with Crippen LogP contribution in [0.2, 0.25) is 0 Å². The normalized spacial score (nSPS) is 40.3. The minimum Gasteiger partial charge on any atom is -0.244 e. The molecule has 0 saturated heterocycles. The molecule has 0 aromatic heterocycles. The number of halogens is 1. The predicted molar refractivity (Wildman–Crippen MR) is 81.1 cm³/mol. The zero-order valence-corrected chi connectivity index (χ0v) is 13.1. The number of hydrogen-bond acceptors (Lipinski definition) is 0. The third-order valence-electron chi connectivity index (χ3n) is 5.91. The summed E-state index contributed by atoms with van der Waals surface area (Å²) >= 11 is 0. The molecule has 0 atom stereocenters. The van der Waals surface area contributed by atoms with Crippen LogP contribution in [0.15, 0.2) is 0 Å². The molecule has 0 amide bonds. The Bertz CT molecular complexity index is 244. The number of hydrogen-bond donors (Lipinski definition) is 0. The molecule has 2 aliphatic rings. The highest BCUT2D eigenvalue weighted by molar-refractivity contribution is 4.93. The Morgan fingerprint density at radius 2 is 1.26 bits per heavy atom. The maximum atomic E-state index is 15.2. The second-order valence-corrected chi connectivity index (χ2v) is 7.27. The van der Waals surface area contributed by atoms with E-state index in [-0.39, 0.29) is 0 Å². The lowest BCUT2D eigenvalue weighted by molar-refractivity contribution is -0.00269. The van der Waals surface area contributed by atoms with Gasteiger partial charge in [-0.15, -0.1) is 0 Å². The van der Waals surface area contributed by atoms with Gasteiger partial charge in [0.05, 0.1) is 0 Å². The van der Waals surface area contributed by atoms with E-state index in [4.69, 9.17) is 0 Å². The summed E-state index contributed by atoms with van der Waals surface area (Å²) in [4.78, 5) is 0. The summed E-state index contributed by atoms with van der Waals surface area (Å²) < 4.78 is 15.2. The van der Waals surface area contributed by atoms with Gasteiger partial charge in [-0.2, -0.15) is 0 Å². The second kappa shape index (κ2) is 7.09. The summed E-state index contributed by atoms with van der Waals surface area (Å²) in [5.74, 6) is 2.12. The highest BCUT2D eigenvalue weighted by Crippen LogP contribution is 2.47. The van der Waals surface area contributed by atoms with Crippen LogP contribution in [-0.4, -0.2) is 5.67 Å². The van der Waals surface area contributed by atoms with Crippen LogP contribution in [0.3, 0.4) is 0 Å².